The molecule has 0 bridgehead atoms. The van der Waals surface area contributed by atoms with E-state index in [0.29, 0.717) is 6.61 Å². The van der Waals surface area contributed by atoms with E-state index in [0.717, 1.165) is 19.5 Å². The quantitative estimate of drug-likeness (QED) is 0.584. The molecule has 7 heteroatoms. The molecule has 3 rings (SSSR count). The zero-order chi connectivity index (χ0) is 20.1. The predicted octanol–water partition coefficient (Wildman–Crippen LogP) is 3.56. The van der Waals surface area contributed by atoms with Crippen LogP contribution in [0.25, 0.3) is 0 Å². The molecule has 1 aliphatic heterocycles. The Hall–Kier alpha value is -2.93. The molecule has 1 fully saturated rings. The molecule has 0 radical (unpaired) electrons. The van der Waals surface area contributed by atoms with E-state index in [-0.39, 0.29) is 35.0 Å². The van der Waals surface area contributed by atoms with Crippen LogP contribution in [0.15, 0.2) is 48.5 Å². The van der Waals surface area contributed by atoms with E-state index < -0.39 is 4.92 Å². The third-order valence-corrected chi connectivity index (χ3v) is 5.10. The largest absolute Gasteiger partial charge is 0.487 e. The van der Waals surface area contributed by atoms with Crippen molar-refractivity contribution in [3.63, 3.8) is 0 Å². The number of nitrogens with zero attached hydrogens (tertiary/aromatic N) is 2. The molecule has 2 aromatic carbocycles. The van der Waals surface area contributed by atoms with Gasteiger partial charge in [-0.05, 0) is 38.0 Å². The molecule has 2 atom stereocenters. The molecule has 28 heavy (non-hydrogen) atoms. The van der Waals surface area contributed by atoms with Crippen LogP contribution in [0.1, 0.15) is 42.2 Å². The number of benzene rings is 2. The fourth-order valence-corrected chi connectivity index (χ4v) is 3.55. The minimum absolute atomic E-state index is 0.0179. The number of hydrogen-bond acceptors (Lipinski definition) is 5. The molecule has 1 saturated heterocycles. The van der Waals surface area contributed by atoms with E-state index in [1.165, 1.54) is 17.7 Å². The van der Waals surface area contributed by atoms with Crippen LogP contribution >= 0.6 is 0 Å². The summed E-state index contributed by atoms with van der Waals surface area (Å²) in [4.78, 5) is 25.7. The summed E-state index contributed by atoms with van der Waals surface area (Å²) in [6.07, 6.45) is 0.849. The minimum atomic E-state index is -0.527. The number of nitro benzene ring substituents is 1. The van der Waals surface area contributed by atoms with Crippen molar-refractivity contribution in [2.24, 2.45) is 0 Å². The van der Waals surface area contributed by atoms with Crippen molar-refractivity contribution in [3.8, 4) is 5.75 Å². The average Bonchev–Trinajstić information content (AvgIpc) is 3.16. The molecule has 2 aromatic rings. The summed E-state index contributed by atoms with van der Waals surface area (Å²) in [6, 6.07) is 14.9. The predicted molar refractivity (Wildman–Crippen MR) is 107 cm³/mol. The van der Waals surface area contributed by atoms with Gasteiger partial charge in [0.15, 0.2) is 5.75 Å². The van der Waals surface area contributed by atoms with Crippen molar-refractivity contribution in [2.75, 3.05) is 19.7 Å². The number of nitro groups is 1. The zero-order valence-corrected chi connectivity index (χ0v) is 16.1. The van der Waals surface area contributed by atoms with Gasteiger partial charge >= 0.3 is 5.69 Å². The van der Waals surface area contributed by atoms with Crippen molar-refractivity contribution in [1.29, 1.82) is 0 Å². The number of carbonyl (C=O) groups is 1. The van der Waals surface area contributed by atoms with Crippen LogP contribution in [-0.2, 0) is 0 Å². The van der Waals surface area contributed by atoms with E-state index in [1.807, 2.05) is 18.2 Å². The first kappa shape index (κ1) is 19.8. The molecule has 7 nitrogen and oxygen atoms in total. The van der Waals surface area contributed by atoms with Crippen molar-refractivity contribution in [1.82, 2.24) is 10.2 Å². The SMILES string of the molecule is CCOc1ccc(C(=O)NC2CCN(C(C)c3ccccc3)C2)cc1[N+](=O)[O-]. The molecule has 1 heterocycles. The lowest BCUT2D eigenvalue weighted by atomic mass is 10.1. The summed E-state index contributed by atoms with van der Waals surface area (Å²) in [6.45, 7) is 5.89. The third-order valence-electron chi connectivity index (χ3n) is 5.10. The van der Waals surface area contributed by atoms with Crippen molar-refractivity contribution in [3.05, 3.63) is 69.8 Å². The van der Waals surface area contributed by atoms with Gasteiger partial charge in [0.25, 0.3) is 5.91 Å². The molecule has 0 aliphatic carbocycles. The van der Waals surface area contributed by atoms with E-state index in [4.69, 9.17) is 4.74 Å². The lowest BCUT2D eigenvalue weighted by Crippen LogP contribution is -2.37. The van der Waals surface area contributed by atoms with Gasteiger partial charge in [0.05, 0.1) is 11.5 Å². The number of hydrogen-bond donors (Lipinski definition) is 1. The minimum Gasteiger partial charge on any atom is -0.487 e. The van der Waals surface area contributed by atoms with Gasteiger partial charge in [0.2, 0.25) is 0 Å². The van der Waals surface area contributed by atoms with Crippen LogP contribution in [0.4, 0.5) is 5.69 Å². The standard InChI is InChI=1S/C21H25N3O4/c1-3-28-20-10-9-17(13-19(20)24(26)27)21(25)22-18-11-12-23(14-18)15(2)16-7-5-4-6-8-16/h4-10,13,15,18H,3,11-12,14H2,1-2H3,(H,22,25). The Balaban J connectivity index is 1.64. The van der Waals surface area contributed by atoms with Gasteiger partial charge in [-0.3, -0.25) is 19.8 Å². The Morgan fingerprint density at radius 1 is 1.32 bits per heavy atom. The molecule has 0 spiro atoms. The first-order valence-electron chi connectivity index (χ1n) is 9.50. The second-order valence-corrected chi connectivity index (χ2v) is 6.91. The van der Waals surface area contributed by atoms with E-state index in [9.17, 15) is 14.9 Å². The summed E-state index contributed by atoms with van der Waals surface area (Å²) in [5, 5.41) is 14.3. The number of rotatable bonds is 7. The number of amides is 1. The molecule has 1 amide bonds. The normalized spacial score (nSPS) is 17.9. The van der Waals surface area contributed by atoms with Gasteiger partial charge in [0, 0.05) is 36.8 Å². The molecule has 1 aliphatic rings. The maximum Gasteiger partial charge on any atom is 0.311 e. The van der Waals surface area contributed by atoms with Crippen LogP contribution in [0.5, 0.6) is 5.75 Å². The fourth-order valence-electron chi connectivity index (χ4n) is 3.55. The second-order valence-electron chi connectivity index (χ2n) is 6.91. The van der Waals surface area contributed by atoms with E-state index >= 15 is 0 Å². The van der Waals surface area contributed by atoms with Crippen LogP contribution in [0.3, 0.4) is 0 Å². The van der Waals surface area contributed by atoms with E-state index in [2.05, 4.69) is 29.3 Å². The topological polar surface area (TPSA) is 84.7 Å². The van der Waals surface area contributed by atoms with Gasteiger partial charge in [-0.1, -0.05) is 30.3 Å². The molecule has 1 N–H and O–H groups in total. The number of carbonyl (C=O) groups excluding carboxylic acids is 1. The maximum atomic E-state index is 12.6. The highest BCUT2D eigenvalue weighted by molar-refractivity contribution is 5.95. The molecule has 2 unspecified atom stereocenters. The molecular weight excluding hydrogens is 358 g/mol. The van der Waals surface area contributed by atoms with Crippen LogP contribution < -0.4 is 10.1 Å². The van der Waals surface area contributed by atoms with Crippen LogP contribution in [0, 0.1) is 10.1 Å². The van der Waals surface area contributed by atoms with Crippen molar-refractivity contribution in [2.45, 2.75) is 32.4 Å². The van der Waals surface area contributed by atoms with Crippen LogP contribution in [0.2, 0.25) is 0 Å². The lowest BCUT2D eigenvalue weighted by molar-refractivity contribution is -0.385. The summed E-state index contributed by atoms with van der Waals surface area (Å²) in [5.74, 6) is -0.127. The Labute approximate surface area is 164 Å². The van der Waals surface area contributed by atoms with Gasteiger partial charge in [0.1, 0.15) is 0 Å². The summed E-state index contributed by atoms with van der Waals surface area (Å²) in [5.41, 5.74) is 1.32. The molecular formula is C21H25N3O4. The van der Waals surface area contributed by atoms with Gasteiger partial charge < -0.3 is 10.1 Å². The molecule has 0 saturated carbocycles. The molecule has 0 aromatic heterocycles. The Morgan fingerprint density at radius 3 is 2.75 bits per heavy atom. The highest BCUT2D eigenvalue weighted by Gasteiger charge is 2.28. The summed E-state index contributed by atoms with van der Waals surface area (Å²) >= 11 is 0. The Morgan fingerprint density at radius 2 is 2.07 bits per heavy atom. The van der Waals surface area contributed by atoms with E-state index in [1.54, 1.807) is 13.0 Å². The molecule has 148 valence electrons. The van der Waals surface area contributed by atoms with Crippen molar-refractivity contribution >= 4 is 11.6 Å². The van der Waals surface area contributed by atoms with Crippen molar-refractivity contribution < 1.29 is 14.5 Å². The smallest absolute Gasteiger partial charge is 0.311 e. The average molecular weight is 383 g/mol. The third kappa shape index (κ3) is 4.48. The maximum absolute atomic E-state index is 12.6. The number of likely N-dealkylation sites (tertiary alicyclic amines) is 1. The summed E-state index contributed by atoms with van der Waals surface area (Å²) < 4.78 is 5.27. The first-order valence-corrected chi connectivity index (χ1v) is 9.50. The number of ether oxygens (including phenoxy) is 1. The van der Waals surface area contributed by atoms with Gasteiger partial charge in [-0.25, -0.2) is 0 Å². The lowest BCUT2D eigenvalue weighted by Gasteiger charge is -2.24. The number of nitrogens with one attached hydrogen (secondary N) is 1. The van der Waals surface area contributed by atoms with Gasteiger partial charge in [-0.2, -0.15) is 0 Å². The zero-order valence-electron chi connectivity index (χ0n) is 16.1. The highest BCUT2D eigenvalue weighted by Crippen LogP contribution is 2.28. The highest BCUT2D eigenvalue weighted by atomic mass is 16.6. The summed E-state index contributed by atoms with van der Waals surface area (Å²) in [7, 11) is 0. The van der Waals surface area contributed by atoms with Crippen LogP contribution in [-0.4, -0.2) is 41.5 Å². The second kappa shape index (κ2) is 8.84. The van der Waals surface area contributed by atoms with Gasteiger partial charge in [-0.15, -0.1) is 0 Å². The Kier molecular flexibility index (Phi) is 6.26. The fraction of sp³-hybridized carbons (Fsp3) is 0.381. The first-order chi connectivity index (χ1) is 13.5. The Bertz CT molecular complexity index is 841. The monoisotopic (exact) mass is 383 g/mol.